The molecule has 23 heavy (non-hydrogen) atoms. The molecular weight excluding hydrogens is 329 g/mol. The monoisotopic (exact) mass is 348 g/mol. The second-order valence-electron chi connectivity index (χ2n) is 5.89. The smallest absolute Gasteiger partial charge is 0.326 e. The molecule has 1 rings (SSSR count). The first kappa shape index (κ1) is 19.3. The maximum absolute atomic E-state index is 13.1. The predicted octanol–water partition coefficient (Wildman–Crippen LogP) is 4.13. The van der Waals surface area contributed by atoms with E-state index in [1.807, 2.05) is 20.8 Å². The Kier molecular flexibility index (Phi) is 6.10. The van der Waals surface area contributed by atoms with Crippen LogP contribution in [-0.2, 0) is 15.8 Å². The van der Waals surface area contributed by atoms with Gasteiger partial charge in [0.2, 0.25) is 11.8 Å². The van der Waals surface area contributed by atoms with Gasteiger partial charge < -0.3 is 10.6 Å². The zero-order valence-electron chi connectivity index (χ0n) is 13.3. The minimum Gasteiger partial charge on any atom is -0.326 e. The molecular formula is C15H19F3N2O2S. The molecule has 0 radical (unpaired) electrons. The number of thioether (sulfide) groups is 1. The summed E-state index contributed by atoms with van der Waals surface area (Å²) in [7, 11) is 0. The van der Waals surface area contributed by atoms with Crippen LogP contribution in [0.15, 0.2) is 18.2 Å². The number of carbonyl (C=O) groups excluding carboxylic acids is 2. The quantitative estimate of drug-likeness (QED) is 0.860. The molecule has 0 saturated carbocycles. The van der Waals surface area contributed by atoms with Gasteiger partial charge >= 0.3 is 6.18 Å². The Labute approximate surface area is 137 Å². The Morgan fingerprint density at radius 3 is 2.22 bits per heavy atom. The van der Waals surface area contributed by atoms with Gasteiger partial charge in [-0.05, 0) is 18.2 Å². The topological polar surface area (TPSA) is 58.2 Å². The van der Waals surface area contributed by atoms with Crippen LogP contribution in [0.2, 0.25) is 0 Å². The van der Waals surface area contributed by atoms with Crippen LogP contribution in [0.5, 0.6) is 0 Å². The SMILES string of the molecule is CC(=O)Nc1ccc(NC(=O)CSC(C)(C)C)c(C(F)(F)F)c1. The highest BCUT2D eigenvalue weighted by atomic mass is 32.2. The lowest BCUT2D eigenvalue weighted by Gasteiger charge is -2.18. The van der Waals surface area contributed by atoms with Crippen LogP contribution in [0.3, 0.4) is 0 Å². The lowest BCUT2D eigenvalue weighted by atomic mass is 10.1. The number of halogens is 3. The number of benzene rings is 1. The van der Waals surface area contributed by atoms with Gasteiger partial charge in [0.05, 0.1) is 17.0 Å². The van der Waals surface area contributed by atoms with Crippen molar-refractivity contribution in [3.8, 4) is 0 Å². The van der Waals surface area contributed by atoms with Crippen LogP contribution in [0, 0.1) is 0 Å². The van der Waals surface area contributed by atoms with Gasteiger partial charge in [-0.3, -0.25) is 9.59 Å². The molecule has 0 aromatic heterocycles. The maximum Gasteiger partial charge on any atom is 0.418 e. The third kappa shape index (κ3) is 6.94. The molecule has 0 aliphatic carbocycles. The van der Waals surface area contributed by atoms with E-state index in [0.29, 0.717) is 0 Å². The Balaban J connectivity index is 2.97. The Morgan fingerprint density at radius 1 is 1.13 bits per heavy atom. The van der Waals surface area contributed by atoms with Gasteiger partial charge in [-0.2, -0.15) is 13.2 Å². The fraction of sp³-hybridized carbons (Fsp3) is 0.467. The first-order valence-corrected chi connectivity index (χ1v) is 7.80. The standard InChI is InChI=1S/C15H19F3N2O2S/c1-9(21)19-10-5-6-12(11(7-10)15(16,17)18)20-13(22)8-23-14(2,3)4/h5-7H,8H2,1-4H3,(H,19,21)(H,20,22). The largest absolute Gasteiger partial charge is 0.418 e. The van der Waals surface area contributed by atoms with E-state index in [0.717, 1.165) is 12.1 Å². The average Bonchev–Trinajstić information content (AvgIpc) is 2.35. The van der Waals surface area contributed by atoms with E-state index < -0.39 is 23.6 Å². The van der Waals surface area contributed by atoms with Crippen LogP contribution in [0.25, 0.3) is 0 Å². The zero-order chi connectivity index (χ0) is 17.8. The molecule has 0 aliphatic rings. The van der Waals surface area contributed by atoms with Crippen molar-refractivity contribution in [1.29, 1.82) is 0 Å². The Hall–Kier alpha value is -1.70. The summed E-state index contributed by atoms with van der Waals surface area (Å²) in [6.07, 6.45) is -4.64. The Bertz CT molecular complexity index is 595. The molecule has 2 amide bonds. The van der Waals surface area contributed by atoms with Crippen molar-refractivity contribution in [3.63, 3.8) is 0 Å². The van der Waals surface area contributed by atoms with Gasteiger partial charge in [0, 0.05) is 17.4 Å². The second-order valence-corrected chi connectivity index (χ2v) is 7.69. The predicted molar refractivity (Wildman–Crippen MR) is 86.6 cm³/mol. The van der Waals surface area contributed by atoms with Crippen LogP contribution in [0.4, 0.5) is 24.5 Å². The summed E-state index contributed by atoms with van der Waals surface area (Å²) in [6.45, 7) is 6.93. The molecule has 0 atom stereocenters. The van der Waals surface area contributed by atoms with Gasteiger partial charge in [0.15, 0.2) is 0 Å². The molecule has 0 aliphatic heterocycles. The van der Waals surface area contributed by atoms with E-state index in [1.54, 1.807) is 0 Å². The molecule has 0 saturated heterocycles. The minimum absolute atomic E-state index is 0.0203. The Morgan fingerprint density at radius 2 is 1.74 bits per heavy atom. The van der Waals surface area contributed by atoms with Gasteiger partial charge in [0.1, 0.15) is 0 Å². The highest BCUT2D eigenvalue weighted by Crippen LogP contribution is 2.36. The van der Waals surface area contributed by atoms with Gasteiger partial charge in [0.25, 0.3) is 0 Å². The van der Waals surface area contributed by atoms with Crippen LogP contribution < -0.4 is 10.6 Å². The number of hydrogen-bond acceptors (Lipinski definition) is 3. The average molecular weight is 348 g/mol. The van der Waals surface area contributed by atoms with Crippen molar-refractivity contribution in [2.75, 3.05) is 16.4 Å². The van der Waals surface area contributed by atoms with Gasteiger partial charge in [-0.1, -0.05) is 20.8 Å². The van der Waals surface area contributed by atoms with Crippen molar-refractivity contribution in [2.45, 2.75) is 38.6 Å². The van der Waals surface area contributed by atoms with Gasteiger partial charge in [-0.15, -0.1) is 11.8 Å². The van der Waals surface area contributed by atoms with Crippen molar-refractivity contribution in [2.24, 2.45) is 0 Å². The van der Waals surface area contributed by atoms with Crippen LogP contribution >= 0.6 is 11.8 Å². The normalized spacial score (nSPS) is 12.0. The lowest BCUT2D eigenvalue weighted by Crippen LogP contribution is -2.21. The van der Waals surface area contributed by atoms with E-state index in [4.69, 9.17) is 0 Å². The summed E-state index contributed by atoms with van der Waals surface area (Å²) in [4.78, 5) is 22.8. The van der Waals surface area contributed by atoms with Crippen molar-refractivity contribution in [1.82, 2.24) is 0 Å². The summed E-state index contributed by atoms with van der Waals surface area (Å²) in [6, 6.07) is 3.24. The fourth-order valence-corrected chi connectivity index (χ4v) is 2.27. The number of carbonyl (C=O) groups is 2. The highest BCUT2D eigenvalue weighted by molar-refractivity contribution is 8.01. The number of alkyl halides is 3. The number of amides is 2. The maximum atomic E-state index is 13.1. The summed E-state index contributed by atoms with van der Waals surface area (Å²) >= 11 is 1.34. The molecule has 1 aromatic carbocycles. The number of anilines is 2. The highest BCUT2D eigenvalue weighted by Gasteiger charge is 2.34. The summed E-state index contributed by atoms with van der Waals surface area (Å²) in [5.74, 6) is -0.937. The molecule has 0 heterocycles. The molecule has 0 fully saturated rings. The van der Waals surface area contributed by atoms with E-state index in [1.165, 1.54) is 24.8 Å². The summed E-state index contributed by atoms with van der Waals surface area (Å²) in [5.41, 5.74) is -1.31. The van der Waals surface area contributed by atoms with Crippen LogP contribution in [-0.4, -0.2) is 22.3 Å². The number of nitrogens with one attached hydrogen (secondary N) is 2. The zero-order valence-corrected chi connectivity index (χ0v) is 14.1. The first-order chi connectivity index (χ1) is 10.4. The number of rotatable bonds is 4. The molecule has 128 valence electrons. The van der Waals surface area contributed by atoms with Crippen molar-refractivity contribution >= 4 is 35.0 Å². The van der Waals surface area contributed by atoms with E-state index in [2.05, 4.69) is 10.6 Å². The fourth-order valence-electron chi connectivity index (χ4n) is 1.64. The van der Waals surface area contributed by atoms with E-state index in [9.17, 15) is 22.8 Å². The van der Waals surface area contributed by atoms with E-state index in [-0.39, 0.29) is 21.9 Å². The van der Waals surface area contributed by atoms with Crippen LogP contribution in [0.1, 0.15) is 33.3 Å². The molecule has 0 spiro atoms. The van der Waals surface area contributed by atoms with Crippen molar-refractivity contribution in [3.05, 3.63) is 23.8 Å². The van der Waals surface area contributed by atoms with Crippen molar-refractivity contribution < 1.29 is 22.8 Å². The molecule has 0 unspecified atom stereocenters. The molecule has 8 heteroatoms. The number of hydrogen-bond donors (Lipinski definition) is 2. The minimum atomic E-state index is -4.64. The van der Waals surface area contributed by atoms with E-state index >= 15 is 0 Å². The second kappa shape index (κ2) is 7.25. The molecule has 0 bridgehead atoms. The summed E-state index contributed by atoms with van der Waals surface area (Å²) < 4.78 is 39.2. The third-order valence-electron chi connectivity index (χ3n) is 2.56. The molecule has 4 nitrogen and oxygen atoms in total. The first-order valence-electron chi connectivity index (χ1n) is 6.81. The summed E-state index contributed by atoms with van der Waals surface area (Å²) in [5, 5.41) is 4.56. The molecule has 2 N–H and O–H groups in total. The van der Waals surface area contributed by atoms with Gasteiger partial charge in [-0.25, -0.2) is 0 Å². The third-order valence-corrected chi connectivity index (χ3v) is 3.83. The lowest BCUT2D eigenvalue weighted by molar-refractivity contribution is -0.137. The molecule has 1 aromatic rings.